The van der Waals surface area contributed by atoms with Crippen molar-refractivity contribution in [3.63, 3.8) is 0 Å². The Bertz CT molecular complexity index is 680. The van der Waals surface area contributed by atoms with E-state index < -0.39 is 0 Å². The van der Waals surface area contributed by atoms with Gasteiger partial charge in [0, 0.05) is 30.6 Å². The first-order valence-electron chi connectivity index (χ1n) is 9.25. The molecular formula is C22H25NO. The summed E-state index contributed by atoms with van der Waals surface area (Å²) in [4.78, 5) is 15.2. The van der Waals surface area contributed by atoms with Gasteiger partial charge in [-0.1, -0.05) is 73.9 Å². The van der Waals surface area contributed by atoms with E-state index in [-0.39, 0.29) is 5.92 Å². The zero-order valence-electron chi connectivity index (χ0n) is 14.2. The van der Waals surface area contributed by atoms with E-state index >= 15 is 0 Å². The van der Waals surface area contributed by atoms with Crippen LogP contribution in [0.3, 0.4) is 0 Å². The molecule has 1 heterocycles. The third-order valence-corrected chi connectivity index (χ3v) is 5.65. The van der Waals surface area contributed by atoms with Crippen LogP contribution in [0.25, 0.3) is 11.1 Å². The molecule has 2 heteroatoms. The van der Waals surface area contributed by atoms with Gasteiger partial charge in [0.15, 0.2) is 5.78 Å². The number of Topliss-reactive ketones (excluding diaryl/α,β-unsaturated/α-hetero) is 1. The van der Waals surface area contributed by atoms with Crippen LogP contribution in [0.4, 0.5) is 0 Å². The van der Waals surface area contributed by atoms with Gasteiger partial charge in [-0.3, -0.25) is 9.69 Å². The zero-order chi connectivity index (χ0) is 16.4. The molecule has 0 aromatic heterocycles. The Kier molecular flexibility index (Phi) is 4.48. The number of hydrogen-bond acceptors (Lipinski definition) is 2. The smallest absolute Gasteiger partial charge is 0.168 e. The van der Waals surface area contributed by atoms with Gasteiger partial charge in [-0.05, 0) is 24.0 Å². The summed E-state index contributed by atoms with van der Waals surface area (Å²) >= 11 is 0. The maximum Gasteiger partial charge on any atom is 0.168 e. The molecule has 1 saturated carbocycles. The number of rotatable bonds is 4. The van der Waals surface area contributed by atoms with E-state index in [0.29, 0.717) is 5.78 Å². The molecule has 24 heavy (non-hydrogen) atoms. The molecule has 0 bridgehead atoms. The summed E-state index contributed by atoms with van der Waals surface area (Å²) in [7, 11) is 0. The third kappa shape index (κ3) is 3.16. The lowest BCUT2D eigenvalue weighted by atomic mass is 9.85. The van der Waals surface area contributed by atoms with E-state index in [4.69, 9.17) is 0 Å². The van der Waals surface area contributed by atoms with Crippen LogP contribution in [-0.4, -0.2) is 29.8 Å². The van der Waals surface area contributed by atoms with Crippen molar-refractivity contribution in [2.75, 3.05) is 13.1 Å². The van der Waals surface area contributed by atoms with Crippen molar-refractivity contribution >= 4 is 5.78 Å². The van der Waals surface area contributed by atoms with Gasteiger partial charge in [-0.2, -0.15) is 0 Å². The second-order valence-corrected chi connectivity index (χ2v) is 7.25. The number of ketones is 1. The minimum absolute atomic E-state index is 0.203. The van der Waals surface area contributed by atoms with Crippen LogP contribution >= 0.6 is 0 Å². The quantitative estimate of drug-likeness (QED) is 0.754. The summed E-state index contributed by atoms with van der Waals surface area (Å²) in [6, 6.07) is 19.2. The molecule has 0 radical (unpaired) electrons. The van der Waals surface area contributed by atoms with E-state index in [1.807, 2.05) is 30.3 Å². The van der Waals surface area contributed by atoms with Gasteiger partial charge in [0.25, 0.3) is 0 Å². The van der Waals surface area contributed by atoms with Gasteiger partial charge >= 0.3 is 0 Å². The highest BCUT2D eigenvalue weighted by molar-refractivity contribution is 5.99. The second-order valence-electron chi connectivity index (χ2n) is 7.25. The van der Waals surface area contributed by atoms with Crippen LogP contribution in [0.2, 0.25) is 0 Å². The Balaban J connectivity index is 1.37. The Morgan fingerprint density at radius 3 is 2.08 bits per heavy atom. The van der Waals surface area contributed by atoms with Gasteiger partial charge < -0.3 is 0 Å². The zero-order valence-corrected chi connectivity index (χ0v) is 14.2. The molecular weight excluding hydrogens is 294 g/mol. The molecule has 2 aromatic rings. The van der Waals surface area contributed by atoms with Gasteiger partial charge in [0.1, 0.15) is 0 Å². The molecule has 2 fully saturated rings. The molecule has 0 unspecified atom stereocenters. The van der Waals surface area contributed by atoms with Crippen LogP contribution in [0.1, 0.15) is 42.5 Å². The molecule has 0 amide bonds. The number of carbonyl (C=O) groups is 1. The van der Waals surface area contributed by atoms with Crippen molar-refractivity contribution < 1.29 is 4.79 Å². The Hall–Kier alpha value is -1.93. The van der Waals surface area contributed by atoms with Crippen molar-refractivity contribution in [2.24, 2.45) is 5.92 Å². The number of benzene rings is 2. The van der Waals surface area contributed by atoms with Gasteiger partial charge in [0.05, 0.1) is 0 Å². The van der Waals surface area contributed by atoms with E-state index in [0.717, 1.165) is 24.7 Å². The second kappa shape index (κ2) is 6.90. The minimum atomic E-state index is 0.203. The summed E-state index contributed by atoms with van der Waals surface area (Å²) in [5.74, 6) is 0.524. The minimum Gasteiger partial charge on any atom is -0.299 e. The molecule has 1 saturated heterocycles. The fourth-order valence-electron chi connectivity index (χ4n) is 4.12. The lowest BCUT2D eigenvalue weighted by molar-refractivity contribution is 0.0320. The van der Waals surface area contributed by atoms with Crippen molar-refractivity contribution in [3.8, 4) is 11.1 Å². The predicted octanol–water partition coefficient (Wildman–Crippen LogP) is 4.80. The predicted molar refractivity (Wildman–Crippen MR) is 98.1 cm³/mol. The fraction of sp³-hybridized carbons (Fsp3) is 0.409. The summed E-state index contributed by atoms with van der Waals surface area (Å²) in [6.45, 7) is 1.92. The van der Waals surface area contributed by atoms with Crippen LogP contribution in [0.15, 0.2) is 54.6 Å². The Morgan fingerprint density at radius 1 is 0.792 bits per heavy atom. The first-order valence-corrected chi connectivity index (χ1v) is 9.25. The monoisotopic (exact) mass is 319 g/mol. The van der Waals surface area contributed by atoms with Crippen LogP contribution < -0.4 is 0 Å². The number of hydrogen-bond donors (Lipinski definition) is 0. The molecule has 4 rings (SSSR count). The van der Waals surface area contributed by atoms with Gasteiger partial charge in [0.2, 0.25) is 0 Å². The largest absolute Gasteiger partial charge is 0.299 e. The highest BCUT2D eigenvalue weighted by Crippen LogP contribution is 2.30. The maximum atomic E-state index is 12.7. The van der Waals surface area contributed by atoms with Gasteiger partial charge in [-0.15, -0.1) is 0 Å². The summed E-state index contributed by atoms with van der Waals surface area (Å²) in [5, 5.41) is 0. The SMILES string of the molecule is O=C(c1ccc(-c2ccccc2)cc1)C1CN(C2CCCCC2)C1. The Labute approximate surface area is 144 Å². The van der Waals surface area contributed by atoms with Crippen LogP contribution in [0.5, 0.6) is 0 Å². The average Bonchev–Trinajstić information content (AvgIpc) is 2.62. The topological polar surface area (TPSA) is 20.3 Å². The molecule has 0 atom stereocenters. The normalized spacial score (nSPS) is 19.8. The molecule has 0 spiro atoms. The molecule has 2 nitrogen and oxygen atoms in total. The fourth-order valence-corrected chi connectivity index (χ4v) is 4.12. The summed E-state index contributed by atoms with van der Waals surface area (Å²) in [5.41, 5.74) is 3.23. The van der Waals surface area contributed by atoms with Crippen molar-refractivity contribution in [1.82, 2.24) is 4.90 Å². The van der Waals surface area contributed by atoms with Crippen molar-refractivity contribution in [3.05, 3.63) is 60.2 Å². The third-order valence-electron chi connectivity index (χ3n) is 5.65. The number of likely N-dealkylation sites (tertiary alicyclic amines) is 1. The van der Waals surface area contributed by atoms with Crippen LogP contribution in [0, 0.1) is 5.92 Å². The number of carbonyl (C=O) groups excluding carboxylic acids is 1. The molecule has 2 aromatic carbocycles. The maximum absolute atomic E-state index is 12.7. The van der Waals surface area contributed by atoms with E-state index in [2.05, 4.69) is 29.2 Å². The molecule has 1 aliphatic carbocycles. The first-order chi connectivity index (χ1) is 11.8. The van der Waals surface area contributed by atoms with Crippen LogP contribution in [-0.2, 0) is 0 Å². The lowest BCUT2D eigenvalue weighted by Gasteiger charge is -2.45. The molecule has 124 valence electrons. The van der Waals surface area contributed by atoms with E-state index in [9.17, 15) is 4.79 Å². The Morgan fingerprint density at radius 2 is 1.42 bits per heavy atom. The lowest BCUT2D eigenvalue weighted by Crippen LogP contribution is -2.55. The number of nitrogens with zero attached hydrogens (tertiary/aromatic N) is 1. The highest BCUT2D eigenvalue weighted by atomic mass is 16.1. The molecule has 2 aliphatic rings. The standard InChI is InChI=1S/C22H25NO/c24-22(20-15-23(16-20)21-9-5-2-6-10-21)19-13-11-18(12-14-19)17-7-3-1-4-8-17/h1,3-4,7-8,11-14,20-21H,2,5-6,9-10,15-16H2. The highest BCUT2D eigenvalue weighted by Gasteiger charge is 2.37. The van der Waals surface area contributed by atoms with E-state index in [1.165, 1.54) is 43.2 Å². The van der Waals surface area contributed by atoms with Gasteiger partial charge in [-0.25, -0.2) is 0 Å². The summed E-state index contributed by atoms with van der Waals surface area (Å²) in [6.07, 6.45) is 6.77. The first kappa shape index (κ1) is 15.6. The molecule has 1 aliphatic heterocycles. The van der Waals surface area contributed by atoms with E-state index in [1.54, 1.807) is 0 Å². The van der Waals surface area contributed by atoms with Crippen molar-refractivity contribution in [2.45, 2.75) is 38.1 Å². The molecule has 0 N–H and O–H groups in total. The summed E-state index contributed by atoms with van der Waals surface area (Å²) < 4.78 is 0. The average molecular weight is 319 g/mol. The van der Waals surface area contributed by atoms with Crippen molar-refractivity contribution in [1.29, 1.82) is 0 Å².